The third-order valence-electron chi connectivity index (χ3n) is 2.40. The molecule has 0 aliphatic carbocycles. The van der Waals surface area contributed by atoms with Crippen molar-refractivity contribution in [2.75, 3.05) is 31.6 Å². The van der Waals surface area contributed by atoms with Crippen LogP contribution in [-0.2, 0) is 20.0 Å². The van der Waals surface area contributed by atoms with Gasteiger partial charge in [0.1, 0.15) is 0 Å². The van der Waals surface area contributed by atoms with E-state index in [4.69, 9.17) is 0 Å². The quantitative estimate of drug-likeness (QED) is 0.673. The lowest BCUT2D eigenvalue weighted by molar-refractivity contribution is 0.378. The lowest BCUT2D eigenvalue weighted by Crippen LogP contribution is -2.39. The highest BCUT2D eigenvalue weighted by molar-refractivity contribution is 7.89. The molecule has 0 saturated carbocycles. The van der Waals surface area contributed by atoms with Crippen molar-refractivity contribution in [1.29, 1.82) is 0 Å². The third kappa shape index (κ3) is 4.77. The third-order valence-corrected chi connectivity index (χ3v) is 5.09. The summed E-state index contributed by atoms with van der Waals surface area (Å²) in [5.41, 5.74) is 0. The summed E-state index contributed by atoms with van der Waals surface area (Å²) in [5, 5.41) is 0. The van der Waals surface area contributed by atoms with Crippen LogP contribution >= 0.6 is 0 Å². The summed E-state index contributed by atoms with van der Waals surface area (Å²) in [5.74, 6) is 0.215. The van der Waals surface area contributed by atoms with Crippen molar-refractivity contribution in [2.24, 2.45) is 0 Å². The molecule has 1 fully saturated rings. The number of rotatable bonds is 5. The van der Waals surface area contributed by atoms with Crippen LogP contribution in [0.15, 0.2) is 0 Å². The Kier molecular flexibility index (Phi) is 4.72. The molecule has 1 aliphatic rings. The van der Waals surface area contributed by atoms with E-state index in [9.17, 15) is 16.8 Å². The molecule has 1 N–H and O–H groups in total. The molecular weight excluding hydrogens is 252 g/mol. The Hall–Kier alpha value is -0.180. The van der Waals surface area contributed by atoms with Gasteiger partial charge in [-0.25, -0.2) is 25.9 Å². The van der Waals surface area contributed by atoms with Crippen molar-refractivity contribution < 1.29 is 16.8 Å². The molecule has 1 heterocycles. The Labute approximate surface area is 97.1 Å². The summed E-state index contributed by atoms with van der Waals surface area (Å²) >= 11 is 0. The van der Waals surface area contributed by atoms with Crippen LogP contribution in [0.2, 0.25) is 0 Å². The summed E-state index contributed by atoms with van der Waals surface area (Å²) in [6, 6.07) is 0. The van der Waals surface area contributed by atoms with E-state index in [1.165, 1.54) is 4.31 Å². The smallest absolute Gasteiger partial charge is 0.214 e. The number of sulfonamides is 2. The molecule has 8 heteroatoms. The van der Waals surface area contributed by atoms with Gasteiger partial charge in [-0.3, -0.25) is 0 Å². The van der Waals surface area contributed by atoms with Gasteiger partial charge in [0.2, 0.25) is 20.0 Å². The predicted octanol–water partition coefficient (Wildman–Crippen LogP) is -0.649. The monoisotopic (exact) mass is 270 g/mol. The van der Waals surface area contributed by atoms with Crippen molar-refractivity contribution in [3.63, 3.8) is 0 Å². The van der Waals surface area contributed by atoms with Crippen molar-refractivity contribution in [2.45, 2.75) is 19.3 Å². The van der Waals surface area contributed by atoms with Gasteiger partial charge >= 0.3 is 0 Å². The average Bonchev–Trinajstić information content (AvgIpc) is 2.12. The van der Waals surface area contributed by atoms with Gasteiger partial charge in [0.15, 0.2) is 0 Å². The molecule has 0 radical (unpaired) electrons. The second kappa shape index (κ2) is 5.44. The lowest BCUT2D eigenvalue weighted by Gasteiger charge is -2.26. The highest BCUT2D eigenvalue weighted by atomic mass is 32.2. The van der Waals surface area contributed by atoms with E-state index >= 15 is 0 Å². The molecule has 1 rings (SSSR count). The molecule has 1 aliphatic heterocycles. The van der Waals surface area contributed by atoms with Crippen molar-refractivity contribution in [3.8, 4) is 0 Å². The van der Waals surface area contributed by atoms with E-state index in [1.807, 2.05) is 0 Å². The maximum Gasteiger partial charge on any atom is 0.214 e. The Balaban J connectivity index is 2.32. The minimum Gasteiger partial charge on any atom is -0.215 e. The Morgan fingerprint density at radius 2 is 2.00 bits per heavy atom. The fraction of sp³-hybridized carbons (Fsp3) is 1.00. The first kappa shape index (κ1) is 13.9. The minimum absolute atomic E-state index is 0.215. The Morgan fingerprint density at radius 1 is 1.31 bits per heavy atom. The maximum absolute atomic E-state index is 11.6. The summed E-state index contributed by atoms with van der Waals surface area (Å²) in [4.78, 5) is 0. The molecule has 0 atom stereocenters. The van der Waals surface area contributed by atoms with Crippen LogP contribution in [0.25, 0.3) is 0 Å². The first-order valence-electron chi connectivity index (χ1n) is 5.24. The molecular formula is C8H18N2O4S2. The largest absolute Gasteiger partial charge is 0.215 e. The van der Waals surface area contributed by atoms with E-state index in [2.05, 4.69) is 4.72 Å². The fourth-order valence-electron chi connectivity index (χ4n) is 1.60. The van der Waals surface area contributed by atoms with Crippen molar-refractivity contribution in [3.05, 3.63) is 0 Å². The van der Waals surface area contributed by atoms with Crippen LogP contribution in [-0.4, -0.2) is 52.8 Å². The number of hydrogen-bond donors (Lipinski definition) is 1. The van der Waals surface area contributed by atoms with Crippen LogP contribution in [0.4, 0.5) is 0 Å². The summed E-state index contributed by atoms with van der Waals surface area (Å²) in [7, 11) is -6.26. The van der Waals surface area contributed by atoms with Gasteiger partial charge in [-0.05, 0) is 19.3 Å². The highest BCUT2D eigenvalue weighted by Crippen LogP contribution is 2.13. The summed E-state index contributed by atoms with van der Waals surface area (Å²) in [6.45, 7) is 1.23. The van der Waals surface area contributed by atoms with Crippen LogP contribution in [0, 0.1) is 0 Å². The van der Waals surface area contributed by atoms with E-state index in [0.29, 0.717) is 19.5 Å². The SMILES string of the molecule is CS(=O)(=O)NCCCN1CCCCS1(=O)=O. The molecule has 0 amide bonds. The Morgan fingerprint density at radius 3 is 2.56 bits per heavy atom. The molecule has 6 nitrogen and oxygen atoms in total. The maximum atomic E-state index is 11.6. The Bertz CT molecular complexity index is 415. The topological polar surface area (TPSA) is 83.6 Å². The van der Waals surface area contributed by atoms with Crippen LogP contribution < -0.4 is 4.72 Å². The van der Waals surface area contributed by atoms with E-state index in [0.717, 1.165) is 19.1 Å². The fourth-order valence-corrected chi connectivity index (χ4v) is 3.76. The molecule has 96 valence electrons. The molecule has 0 aromatic carbocycles. The second-order valence-corrected chi connectivity index (χ2v) is 7.86. The normalized spacial score (nSPS) is 22.1. The van der Waals surface area contributed by atoms with E-state index in [-0.39, 0.29) is 12.3 Å². The standard InChI is InChI=1S/C8H18N2O4S2/c1-15(11,12)9-5-4-7-10-6-2-3-8-16(10,13)14/h9H,2-8H2,1H3. The average molecular weight is 270 g/mol. The molecule has 16 heavy (non-hydrogen) atoms. The van der Waals surface area contributed by atoms with E-state index < -0.39 is 20.0 Å². The molecule has 0 bridgehead atoms. The van der Waals surface area contributed by atoms with Crippen LogP contribution in [0.1, 0.15) is 19.3 Å². The molecule has 0 unspecified atom stereocenters. The zero-order valence-electron chi connectivity index (χ0n) is 9.35. The van der Waals surface area contributed by atoms with Crippen LogP contribution in [0.3, 0.4) is 0 Å². The van der Waals surface area contributed by atoms with Gasteiger partial charge in [0.25, 0.3) is 0 Å². The first-order valence-corrected chi connectivity index (χ1v) is 8.74. The summed E-state index contributed by atoms with van der Waals surface area (Å²) in [6.07, 6.45) is 3.20. The first-order chi connectivity index (χ1) is 7.31. The van der Waals surface area contributed by atoms with Gasteiger partial charge in [0.05, 0.1) is 12.0 Å². The predicted molar refractivity (Wildman–Crippen MR) is 62.1 cm³/mol. The van der Waals surface area contributed by atoms with Gasteiger partial charge in [-0.1, -0.05) is 0 Å². The second-order valence-electron chi connectivity index (χ2n) is 3.94. The molecule has 0 aromatic heterocycles. The van der Waals surface area contributed by atoms with Crippen molar-refractivity contribution in [1.82, 2.24) is 9.03 Å². The molecule has 0 aromatic rings. The number of nitrogens with one attached hydrogen (secondary N) is 1. The molecule has 1 saturated heterocycles. The summed E-state index contributed by atoms with van der Waals surface area (Å²) < 4.78 is 48.4. The van der Waals surface area contributed by atoms with Gasteiger partial charge in [-0.2, -0.15) is 0 Å². The zero-order chi connectivity index (χ0) is 12.2. The van der Waals surface area contributed by atoms with Crippen LogP contribution in [0.5, 0.6) is 0 Å². The highest BCUT2D eigenvalue weighted by Gasteiger charge is 2.24. The zero-order valence-corrected chi connectivity index (χ0v) is 11.0. The van der Waals surface area contributed by atoms with Gasteiger partial charge in [-0.15, -0.1) is 0 Å². The van der Waals surface area contributed by atoms with Gasteiger partial charge in [0, 0.05) is 19.6 Å². The van der Waals surface area contributed by atoms with Gasteiger partial charge < -0.3 is 0 Å². The lowest BCUT2D eigenvalue weighted by atomic mass is 10.3. The molecule has 0 spiro atoms. The van der Waals surface area contributed by atoms with Crippen molar-refractivity contribution >= 4 is 20.0 Å². The number of nitrogens with zero attached hydrogens (tertiary/aromatic N) is 1. The van der Waals surface area contributed by atoms with E-state index in [1.54, 1.807) is 0 Å². The minimum atomic E-state index is -3.17. The number of hydrogen-bond acceptors (Lipinski definition) is 4.